The van der Waals surface area contributed by atoms with Crippen LogP contribution in [0.1, 0.15) is 23.2 Å². The lowest BCUT2D eigenvalue weighted by molar-refractivity contribution is -0.116. The van der Waals surface area contributed by atoms with Crippen LogP contribution in [-0.4, -0.2) is 18.9 Å². The van der Waals surface area contributed by atoms with Gasteiger partial charge >= 0.3 is 5.97 Å². The second kappa shape index (κ2) is 4.92. The van der Waals surface area contributed by atoms with Gasteiger partial charge in [-0.15, -0.1) is 0 Å². The van der Waals surface area contributed by atoms with Gasteiger partial charge in [-0.3, -0.25) is 0 Å². The van der Waals surface area contributed by atoms with Crippen molar-refractivity contribution in [1.29, 1.82) is 0 Å². The van der Waals surface area contributed by atoms with Gasteiger partial charge in [0.05, 0.1) is 12.2 Å². The molecule has 0 amide bonds. The highest BCUT2D eigenvalue weighted by Crippen LogP contribution is 2.32. The van der Waals surface area contributed by atoms with E-state index >= 15 is 0 Å². The van der Waals surface area contributed by atoms with Gasteiger partial charge in [0.2, 0.25) is 0 Å². The molecule has 0 radical (unpaired) electrons. The first-order chi connectivity index (χ1) is 7.81. The highest BCUT2D eigenvalue weighted by molar-refractivity contribution is 5.89. The molecule has 0 heterocycles. The van der Waals surface area contributed by atoms with Crippen molar-refractivity contribution >= 4 is 12.3 Å². The molecule has 84 valence electrons. The number of hydrogen-bond donors (Lipinski definition) is 0. The van der Waals surface area contributed by atoms with Crippen LogP contribution in [0.15, 0.2) is 30.3 Å². The highest BCUT2D eigenvalue weighted by atomic mass is 16.5. The van der Waals surface area contributed by atoms with Crippen LogP contribution in [0, 0.1) is 11.8 Å². The first-order valence-electron chi connectivity index (χ1n) is 5.48. The van der Waals surface area contributed by atoms with E-state index in [-0.39, 0.29) is 17.8 Å². The van der Waals surface area contributed by atoms with Crippen LogP contribution in [0.25, 0.3) is 0 Å². The Morgan fingerprint density at radius 2 is 2.06 bits per heavy atom. The van der Waals surface area contributed by atoms with Gasteiger partial charge in [-0.1, -0.05) is 18.2 Å². The van der Waals surface area contributed by atoms with Crippen LogP contribution in [0.5, 0.6) is 0 Å². The van der Waals surface area contributed by atoms with Crippen molar-refractivity contribution < 1.29 is 14.3 Å². The monoisotopic (exact) mass is 218 g/mol. The summed E-state index contributed by atoms with van der Waals surface area (Å²) in [4.78, 5) is 22.1. The quantitative estimate of drug-likeness (QED) is 0.574. The lowest BCUT2D eigenvalue weighted by Crippen LogP contribution is -2.31. The smallest absolute Gasteiger partial charge is 0.338 e. The van der Waals surface area contributed by atoms with E-state index in [4.69, 9.17) is 4.74 Å². The minimum Gasteiger partial charge on any atom is -0.462 e. The largest absolute Gasteiger partial charge is 0.462 e. The molecule has 0 spiro atoms. The summed E-state index contributed by atoms with van der Waals surface area (Å²) in [5, 5.41) is 0. The minimum atomic E-state index is -0.308. The minimum absolute atomic E-state index is 0.0866. The summed E-state index contributed by atoms with van der Waals surface area (Å²) < 4.78 is 5.17. The second-order valence-corrected chi connectivity index (χ2v) is 4.10. The molecule has 0 aromatic heterocycles. The zero-order valence-corrected chi connectivity index (χ0v) is 8.96. The molecule has 0 unspecified atom stereocenters. The molecule has 0 saturated heterocycles. The number of carbonyl (C=O) groups excluding carboxylic acids is 2. The molecule has 3 heteroatoms. The Morgan fingerprint density at radius 3 is 2.62 bits per heavy atom. The van der Waals surface area contributed by atoms with Crippen molar-refractivity contribution in [2.75, 3.05) is 6.61 Å². The summed E-state index contributed by atoms with van der Waals surface area (Å²) >= 11 is 0. The zero-order chi connectivity index (χ0) is 11.4. The van der Waals surface area contributed by atoms with E-state index in [1.165, 1.54) is 0 Å². The fourth-order valence-corrected chi connectivity index (χ4v) is 1.82. The van der Waals surface area contributed by atoms with Gasteiger partial charge in [-0.05, 0) is 25.0 Å². The fourth-order valence-electron chi connectivity index (χ4n) is 1.82. The van der Waals surface area contributed by atoms with E-state index < -0.39 is 0 Å². The van der Waals surface area contributed by atoms with Gasteiger partial charge in [-0.25, -0.2) is 4.79 Å². The molecular formula is C13H14O3. The van der Waals surface area contributed by atoms with Gasteiger partial charge in [0.25, 0.3) is 0 Å². The van der Waals surface area contributed by atoms with Gasteiger partial charge in [0.15, 0.2) is 0 Å². The number of aldehydes is 1. The summed E-state index contributed by atoms with van der Waals surface area (Å²) in [6.07, 6.45) is 2.87. The molecule has 2 rings (SSSR count). The number of benzene rings is 1. The van der Waals surface area contributed by atoms with Gasteiger partial charge in [-0.2, -0.15) is 0 Å². The van der Waals surface area contributed by atoms with Crippen LogP contribution >= 0.6 is 0 Å². The van der Waals surface area contributed by atoms with Crippen molar-refractivity contribution in [2.24, 2.45) is 11.8 Å². The molecule has 1 aromatic rings. The van der Waals surface area contributed by atoms with Crippen LogP contribution in [-0.2, 0) is 9.53 Å². The maximum Gasteiger partial charge on any atom is 0.338 e. The van der Waals surface area contributed by atoms with Crippen LogP contribution < -0.4 is 0 Å². The predicted molar refractivity (Wildman–Crippen MR) is 59.0 cm³/mol. The third-order valence-electron chi connectivity index (χ3n) is 3.09. The average Bonchev–Trinajstić information content (AvgIpc) is 2.29. The van der Waals surface area contributed by atoms with Crippen LogP contribution in [0.2, 0.25) is 0 Å². The van der Waals surface area contributed by atoms with Gasteiger partial charge in [0.1, 0.15) is 6.29 Å². The number of ether oxygens (including phenoxy) is 1. The molecule has 16 heavy (non-hydrogen) atoms. The maximum absolute atomic E-state index is 11.6. The Labute approximate surface area is 94.4 Å². The molecule has 0 N–H and O–H groups in total. The Morgan fingerprint density at radius 1 is 1.31 bits per heavy atom. The Balaban J connectivity index is 1.82. The summed E-state index contributed by atoms with van der Waals surface area (Å²) in [6, 6.07) is 8.90. The molecule has 3 nitrogen and oxygen atoms in total. The third-order valence-corrected chi connectivity index (χ3v) is 3.09. The predicted octanol–water partition coefficient (Wildman–Crippen LogP) is 2.07. The van der Waals surface area contributed by atoms with Crippen LogP contribution in [0.4, 0.5) is 0 Å². The second-order valence-electron chi connectivity index (χ2n) is 4.10. The molecule has 0 bridgehead atoms. The summed E-state index contributed by atoms with van der Waals surface area (Å²) in [5.41, 5.74) is 0.560. The van der Waals surface area contributed by atoms with E-state index in [0.29, 0.717) is 12.2 Å². The van der Waals surface area contributed by atoms with Crippen molar-refractivity contribution in [2.45, 2.75) is 12.8 Å². The van der Waals surface area contributed by atoms with E-state index in [1.807, 2.05) is 6.07 Å². The normalized spacial score (nSPS) is 23.2. The van der Waals surface area contributed by atoms with E-state index in [2.05, 4.69) is 0 Å². The molecule has 1 aliphatic carbocycles. The lowest BCUT2D eigenvalue weighted by atomic mass is 9.75. The SMILES string of the molecule is O=C[C@@H]1CC[C@H]1COC(=O)c1ccccc1. The maximum atomic E-state index is 11.6. The summed E-state index contributed by atoms with van der Waals surface area (Å²) in [6.45, 7) is 0.358. The number of carbonyl (C=O) groups is 2. The molecule has 1 fully saturated rings. The Bertz CT molecular complexity index is 372. The molecule has 2 atom stereocenters. The number of rotatable bonds is 4. The van der Waals surface area contributed by atoms with E-state index in [1.54, 1.807) is 24.3 Å². The highest BCUT2D eigenvalue weighted by Gasteiger charge is 2.31. The first-order valence-corrected chi connectivity index (χ1v) is 5.48. The molecule has 1 aromatic carbocycles. The Hall–Kier alpha value is -1.64. The van der Waals surface area contributed by atoms with Crippen LogP contribution in [0.3, 0.4) is 0 Å². The van der Waals surface area contributed by atoms with Gasteiger partial charge < -0.3 is 9.53 Å². The zero-order valence-electron chi connectivity index (χ0n) is 8.96. The first kappa shape index (κ1) is 10.9. The molecule has 1 aliphatic rings. The van der Waals surface area contributed by atoms with E-state index in [0.717, 1.165) is 19.1 Å². The number of hydrogen-bond acceptors (Lipinski definition) is 3. The van der Waals surface area contributed by atoms with Crippen molar-refractivity contribution in [3.8, 4) is 0 Å². The average molecular weight is 218 g/mol. The molecule has 0 aliphatic heterocycles. The topological polar surface area (TPSA) is 43.4 Å². The Kier molecular flexibility index (Phi) is 3.34. The summed E-state index contributed by atoms with van der Waals surface area (Å²) in [5.74, 6) is 0.00545. The van der Waals surface area contributed by atoms with Crippen molar-refractivity contribution in [3.63, 3.8) is 0 Å². The molecular weight excluding hydrogens is 204 g/mol. The lowest BCUT2D eigenvalue weighted by Gasteiger charge is -2.31. The third kappa shape index (κ3) is 2.30. The van der Waals surface area contributed by atoms with Crippen molar-refractivity contribution in [1.82, 2.24) is 0 Å². The molecule has 1 saturated carbocycles. The van der Waals surface area contributed by atoms with E-state index in [9.17, 15) is 9.59 Å². The van der Waals surface area contributed by atoms with Gasteiger partial charge in [0, 0.05) is 11.8 Å². The standard InChI is InChI=1S/C13H14O3/c14-8-11-6-7-12(11)9-16-13(15)10-4-2-1-3-5-10/h1-5,8,11-12H,6-7,9H2/t11-,12-/m0/s1. The summed E-state index contributed by atoms with van der Waals surface area (Å²) in [7, 11) is 0. The fraction of sp³-hybridized carbons (Fsp3) is 0.385. The number of esters is 1. The van der Waals surface area contributed by atoms with Crippen molar-refractivity contribution in [3.05, 3.63) is 35.9 Å².